The van der Waals surface area contributed by atoms with Crippen LogP contribution in [-0.2, 0) is 4.79 Å². The normalized spacial score (nSPS) is 27.5. The van der Waals surface area contributed by atoms with Gasteiger partial charge < -0.3 is 15.7 Å². The molecule has 1 fully saturated rings. The third kappa shape index (κ3) is 6.39. The molecule has 0 aliphatic heterocycles. The summed E-state index contributed by atoms with van der Waals surface area (Å²) >= 11 is 0. The van der Waals surface area contributed by atoms with Gasteiger partial charge in [-0.3, -0.25) is 4.79 Å². The molecule has 4 nitrogen and oxygen atoms in total. The highest BCUT2D eigenvalue weighted by atomic mass is 16.3. The number of carbonyl (C=O) groups is 1. The third-order valence-electron chi connectivity index (χ3n) is 4.06. The van der Waals surface area contributed by atoms with Gasteiger partial charge in [0.15, 0.2) is 0 Å². The quantitative estimate of drug-likeness (QED) is 0.659. The summed E-state index contributed by atoms with van der Waals surface area (Å²) in [4.78, 5) is 11.5. The summed E-state index contributed by atoms with van der Waals surface area (Å²) in [6.07, 6.45) is 5.13. The van der Waals surface area contributed by atoms with E-state index in [0.717, 1.165) is 31.6 Å². The second-order valence-electron chi connectivity index (χ2n) is 6.38. The molecule has 3 N–H and O–H groups in total. The molecule has 0 spiro atoms. The highest BCUT2D eigenvalue weighted by Crippen LogP contribution is 2.33. The van der Waals surface area contributed by atoms with Gasteiger partial charge in [-0.05, 0) is 37.5 Å². The van der Waals surface area contributed by atoms with E-state index < -0.39 is 5.60 Å². The van der Waals surface area contributed by atoms with Gasteiger partial charge in [-0.2, -0.15) is 0 Å². The second-order valence-corrected chi connectivity index (χ2v) is 6.38. The molecule has 0 bridgehead atoms. The van der Waals surface area contributed by atoms with Gasteiger partial charge in [-0.25, -0.2) is 0 Å². The van der Waals surface area contributed by atoms with Crippen molar-refractivity contribution in [3.63, 3.8) is 0 Å². The van der Waals surface area contributed by atoms with Gasteiger partial charge >= 0.3 is 0 Å². The van der Waals surface area contributed by atoms with Crippen molar-refractivity contribution in [3.05, 3.63) is 0 Å². The lowest BCUT2D eigenvalue weighted by atomic mass is 9.78. The smallest absolute Gasteiger partial charge is 0.233 e. The maximum absolute atomic E-state index is 11.5. The topological polar surface area (TPSA) is 61.4 Å². The largest absolute Gasteiger partial charge is 0.389 e. The Morgan fingerprint density at radius 1 is 1.37 bits per heavy atom. The summed E-state index contributed by atoms with van der Waals surface area (Å²) < 4.78 is 0. The number of amides is 1. The SMILES string of the molecule is CCC1CCC(O)(CNCC(=O)NCC(C)C)CC1. The highest BCUT2D eigenvalue weighted by Gasteiger charge is 2.32. The van der Waals surface area contributed by atoms with Crippen LogP contribution in [0.4, 0.5) is 0 Å². The molecule has 0 saturated heterocycles. The highest BCUT2D eigenvalue weighted by molar-refractivity contribution is 5.77. The number of carbonyl (C=O) groups excluding carboxylic acids is 1. The first-order valence-corrected chi connectivity index (χ1v) is 7.65. The van der Waals surface area contributed by atoms with Crippen molar-refractivity contribution >= 4 is 5.91 Å². The predicted molar refractivity (Wildman–Crippen MR) is 77.9 cm³/mol. The maximum Gasteiger partial charge on any atom is 0.233 e. The zero-order valence-corrected chi connectivity index (χ0v) is 12.7. The third-order valence-corrected chi connectivity index (χ3v) is 4.06. The van der Waals surface area contributed by atoms with E-state index in [-0.39, 0.29) is 5.91 Å². The van der Waals surface area contributed by atoms with Crippen LogP contribution in [0.15, 0.2) is 0 Å². The van der Waals surface area contributed by atoms with Crippen LogP contribution in [0.1, 0.15) is 52.9 Å². The summed E-state index contributed by atoms with van der Waals surface area (Å²) in [5, 5.41) is 16.4. The average molecular weight is 270 g/mol. The van der Waals surface area contributed by atoms with Crippen LogP contribution in [0.2, 0.25) is 0 Å². The summed E-state index contributed by atoms with van der Waals surface area (Å²) in [5.41, 5.74) is -0.607. The van der Waals surface area contributed by atoms with Crippen LogP contribution in [0.5, 0.6) is 0 Å². The van der Waals surface area contributed by atoms with Crippen LogP contribution < -0.4 is 10.6 Å². The summed E-state index contributed by atoms with van der Waals surface area (Å²) in [6.45, 7) is 7.89. The van der Waals surface area contributed by atoms with Gasteiger partial charge in [-0.1, -0.05) is 27.2 Å². The van der Waals surface area contributed by atoms with Crippen LogP contribution in [0, 0.1) is 11.8 Å². The molecule has 0 aromatic carbocycles. The fourth-order valence-electron chi connectivity index (χ4n) is 2.59. The Kier molecular flexibility index (Phi) is 6.80. The molecule has 1 amide bonds. The van der Waals surface area contributed by atoms with Crippen LogP contribution >= 0.6 is 0 Å². The predicted octanol–water partition coefficient (Wildman–Crippen LogP) is 1.68. The van der Waals surface area contributed by atoms with E-state index in [9.17, 15) is 9.90 Å². The Bertz CT molecular complexity index is 271. The van der Waals surface area contributed by atoms with Gasteiger partial charge in [0.05, 0.1) is 12.1 Å². The zero-order valence-electron chi connectivity index (χ0n) is 12.7. The van der Waals surface area contributed by atoms with E-state index in [0.29, 0.717) is 25.6 Å². The molecule has 0 atom stereocenters. The van der Waals surface area contributed by atoms with E-state index >= 15 is 0 Å². The molecule has 0 radical (unpaired) electrons. The van der Waals surface area contributed by atoms with Crippen molar-refractivity contribution in [1.82, 2.24) is 10.6 Å². The number of nitrogens with one attached hydrogen (secondary N) is 2. The summed E-state index contributed by atoms with van der Waals surface area (Å²) in [6, 6.07) is 0. The van der Waals surface area contributed by atoms with Gasteiger partial charge in [-0.15, -0.1) is 0 Å². The average Bonchev–Trinajstić information content (AvgIpc) is 2.37. The molecule has 0 aromatic heterocycles. The fourth-order valence-corrected chi connectivity index (χ4v) is 2.59. The number of rotatable bonds is 7. The summed E-state index contributed by atoms with van der Waals surface area (Å²) in [5.74, 6) is 1.26. The zero-order chi connectivity index (χ0) is 14.3. The molecule has 1 saturated carbocycles. The Labute approximate surface area is 117 Å². The molecule has 1 rings (SSSR count). The molecular formula is C15H30N2O2. The van der Waals surface area contributed by atoms with Crippen molar-refractivity contribution < 1.29 is 9.90 Å². The fraction of sp³-hybridized carbons (Fsp3) is 0.933. The Hall–Kier alpha value is -0.610. The molecule has 0 unspecified atom stereocenters. The lowest BCUT2D eigenvalue weighted by Gasteiger charge is -2.36. The first-order valence-electron chi connectivity index (χ1n) is 7.65. The Balaban J connectivity index is 2.16. The standard InChI is InChI=1S/C15H30N2O2/c1-4-13-5-7-15(19,8-6-13)11-16-10-14(18)17-9-12(2)3/h12-13,16,19H,4-11H2,1-3H3,(H,17,18). The van der Waals surface area contributed by atoms with E-state index in [1.807, 2.05) is 0 Å². The molecule has 1 aliphatic carbocycles. The molecule has 4 heteroatoms. The van der Waals surface area contributed by atoms with Gasteiger partial charge in [0.2, 0.25) is 5.91 Å². The molecule has 0 aromatic rings. The maximum atomic E-state index is 11.5. The first-order chi connectivity index (χ1) is 8.95. The summed E-state index contributed by atoms with van der Waals surface area (Å²) in [7, 11) is 0. The molecule has 1 aliphatic rings. The monoisotopic (exact) mass is 270 g/mol. The Morgan fingerprint density at radius 3 is 2.53 bits per heavy atom. The minimum absolute atomic E-state index is 0.0135. The minimum Gasteiger partial charge on any atom is -0.389 e. The second kappa shape index (κ2) is 7.85. The van der Waals surface area contributed by atoms with E-state index in [4.69, 9.17) is 0 Å². The van der Waals surface area contributed by atoms with Crippen molar-refractivity contribution in [2.24, 2.45) is 11.8 Å². The number of aliphatic hydroxyl groups is 1. The van der Waals surface area contributed by atoms with E-state index in [1.54, 1.807) is 0 Å². The van der Waals surface area contributed by atoms with E-state index in [2.05, 4.69) is 31.4 Å². The van der Waals surface area contributed by atoms with E-state index in [1.165, 1.54) is 6.42 Å². The first kappa shape index (κ1) is 16.4. The van der Waals surface area contributed by atoms with Crippen molar-refractivity contribution in [2.75, 3.05) is 19.6 Å². The molecule has 19 heavy (non-hydrogen) atoms. The lowest BCUT2D eigenvalue weighted by molar-refractivity contribution is -0.120. The van der Waals surface area contributed by atoms with Crippen LogP contribution in [-0.4, -0.2) is 36.2 Å². The molecular weight excluding hydrogens is 240 g/mol. The van der Waals surface area contributed by atoms with Crippen LogP contribution in [0.25, 0.3) is 0 Å². The van der Waals surface area contributed by atoms with Crippen molar-refractivity contribution in [2.45, 2.75) is 58.5 Å². The minimum atomic E-state index is -0.607. The van der Waals surface area contributed by atoms with Gasteiger partial charge in [0, 0.05) is 13.1 Å². The Morgan fingerprint density at radius 2 is 2.00 bits per heavy atom. The van der Waals surface area contributed by atoms with Crippen LogP contribution in [0.3, 0.4) is 0 Å². The van der Waals surface area contributed by atoms with Crippen molar-refractivity contribution in [3.8, 4) is 0 Å². The molecule has 112 valence electrons. The number of hydrogen-bond acceptors (Lipinski definition) is 3. The van der Waals surface area contributed by atoms with Gasteiger partial charge in [0.1, 0.15) is 0 Å². The van der Waals surface area contributed by atoms with Gasteiger partial charge in [0.25, 0.3) is 0 Å². The van der Waals surface area contributed by atoms with Crippen molar-refractivity contribution in [1.29, 1.82) is 0 Å². The number of hydrogen-bond donors (Lipinski definition) is 3. The molecule has 0 heterocycles. The lowest BCUT2D eigenvalue weighted by Crippen LogP contribution is -2.46.